The number of ether oxygens (including phenoxy) is 1. The maximum Gasteiger partial charge on any atom is 0.407 e. The predicted octanol–water partition coefficient (Wildman–Crippen LogP) is 4.04. The Hall–Kier alpha value is -1.26. The fourth-order valence-corrected chi connectivity index (χ4v) is 2.21. The van der Waals surface area contributed by atoms with Crippen molar-refractivity contribution in [3.05, 3.63) is 34.3 Å². The average Bonchev–Trinajstić information content (AvgIpc) is 2.34. The van der Waals surface area contributed by atoms with Gasteiger partial charge in [0.25, 0.3) is 0 Å². The summed E-state index contributed by atoms with van der Waals surface area (Å²) in [5, 5.41) is 6.98. The first-order valence-electron chi connectivity index (χ1n) is 7.62. The lowest BCUT2D eigenvalue weighted by molar-refractivity contribution is 0.0506. The van der Waals surface area contributed by atoms with E-state index in [-0.39, 0.29) is 12.1 Å². The van der Waals surface area contributed by atoms with Crippen LogP contribution in [0.5, 0.6) is 0 Å². The van der Waals surface area contributed by atoms with E-state index in [4.69, 9.17) is 16.3 Å². The third-order valence-corrected chi connectivity index (χ3v) is 3.37. The van der Waals surface area contributed by atoms with Crippen molar-refractivity contribution in [3.8, 4) is 0 Å². The van der Waals surface area contributed by atoms with Crippen LogP contribution in [-0.2, 0) is 11.3 Å². The molecule has 1 aromatic carbocycles. The lowest BCUT2D eigenvalue weighted by Gasteiger charge is -2.22. The van der Waals surface area contributed by atoms with Gasteiger partial charge in [-0.05, 0) is 70.8 Å². The normalized spacial score (nSPS) is 12.8. The number of amides is 1. The van der Waals surface area contributed by atoms with Crippen molar-refractivity contribution in [1.29, 1.82) is 0 Å². The van der Waals surface area contributed by atoms with E-state index < -0.39 is 5.60 Å². The van der Waals surface area contributed by atoms with Gasteiger partial charge in [0, 0.05) is 17.6 Å². The van der Waals surface area contributed by atoms with Gasteiger partial charge in [0.1, 0.15) is 5.60 Å². The Morgan fingerprint density at radius 1 is 1.36 bits per heavy atom. The Morgan fingerprint density at radius 2 is 2.05 bits per heavy atom. The first-order valence-corrected chi connectivity index (χ1v) is 8.00. The zero-order chi connectivity index (χ0) is 16.8. The lowest BCUT2D eigenvalue weighted by atomic mass is 10.1. The summed E-state index contributed by atoms with van der Waals surface area (Å²) in [4.78, 5) is 11.6. The zero-order valence-electron chi connectivity index (χ0n) is 14.1. The maximum atomic E-state index is 11.6. The quantitative estimate of drug-likeness (QED) is 0.776. The summed E-state index contributed by atoms with van der Waals surface area (Å²) in [7, 11) is 0. The first-order chi connectivity index (χ1) is 10.2. The molecule has 4 nitrogen and oxygen atoms in total. The Kier molecular flexibility index (Phi) is 7.17. The van der Waals surface area contributed by atoms with Crippen molar-refractivity contribution in [2.75, 3.05) is 6.54 Å². The van der Waals surface area contributed by atoms with Gasteiger partial charge in [-0.25, -0.2) is 4.79 Å². The van der Waals surface area contributed by atoms with Gasteiger partial charge in [-0.3, -0.25) is 0 Å². The summed E-state index contributed by atoms with van der Waals surface area (Å²) in [6, 6.07) is 5.96. The fourth-order valence-electron chi connectivity index (χ4n) is 1.98. The van der Waals surface area contributed by atoms with Crippen molar-refractivity contribution >= 4 is 17.7 Å². The minimum Gasteiger partial charge on any atom is -0.444 e. The second-order valence-corrected chi connectivity index (χ2v) is 7.02. The van der Waals surface area contributed by atoms with Gasteiger partial charge in [-0.1, -0.05) is 17.7 Å². The highest BCUT2D eigenvalue weighted by molar-refractivity contribution is 6.30. The van der Waals surface area contributed by atoms with E-state index in [1.807, 2.05) is 45.9 Å². The number of alkyl carbamates (subject to hydrolysis) is 1. The average molecular weight is 327 g/mol. The van der Waals surface area contributed by atoms with Crippen LogP contribution >= 0.6 is 11.6 Å². The Bertz CT molecular complexity index is 498. The van der Waals surface area contributed by atoms with E-state index in [9.17, 15) is 4.79 Å². The SMILES string of the molecule is Cc1cc(Cl)ccc1CNCCC(C)NC(=O)OC(C)(C)C. The van der Waals surface area contributed by atoms with E-state index in [2.05, 4.69) is 17.6 Å². The largest absolute Gasteiger partial charge is 0.444 e. The molecule has 0 saturated heterocycles. The van der Waals surface area contributed by atoms with E-state index in [1.165, 1.54) is 11.1 Å². The van der Waals surface area contributed by atoms with Crippen LogP contribution in [-0.4, -0.2) is 24.3 Å². The second kappa shape index (κ2) is 8.39. The van der Waals surface area contributed by atoms with Crippen LogP contribution < -0.4 is 10.6 Å². The van der Waals surface area contributed by atoms with Gasteiger partial charge in [0.05, 0.1) is 0 Å². The summed E-state index contributed by atoms with van der Waals surface area (Å²) in [5.74, 6) is 0. The number of halogens is 1. The molecule has 22 heavy (non-hydrogen) atoms. The number of rotatable bonds is 6. The predicted molar refractivity (Wildman–Crippen MR) is 91.3 cm³/mol. The standard InChI is InChI=1S/C17H27ClN2O2/c1-12-10-15(18)7-6-14(12)11-19-9-8-13(2)20-16(21)22-17(3,4)5/h6-7,10,13,19H,8-9,11H2,1-5H3,(H,20,21). The van der Waals surface area contributed by atoms with Crippen molar-refractivity contribution in [2.45, 2.75) is 59.2 Å². The highest BCUT2D eigenvalue weighted by atomic mass is 35.5. The van der Waals surface area contributed by atoms with Gasteiger partial charge < -0.3 is 15.4 Å². The molecule has 1 rings (SSSR count). The number of nitrogens with one attached hydrogen (secondary N) is 2. The van der Waals surface area contributed by atoms with Gasteiger partial charge in [-0.2, -0.15) is 0 Å². The van der Waals surface area contributed by atoms with Crippen molar-refractivity contribution < 1.29 is 9.53 Å². The van der Waals surface area contributed by atoms with Crippen molar-refractivity contribution in [2.24, 2.45) is 0 Å². The molecular weight excluding hydrogens is 300 g/mol. The molecule has 0 radical (unpaired) electrons. The zero-order valence-corrected chi connectivity index (χ0v) is 14.9. The van der Waals surface area contributed by atoms with Gasteiger partial charge >= 0.3 is 6.09 Å². The molecular formula is C17H27ClN2O2. The first kappa shape index (κ1) is 18.8. The van der Waals surface area contributed by atoms with Crippen LogP contribution in [0, 0.1) is 6.92 Å². The molecule has 0 heterocycles. The van der Waals surface area contributed by atoms with Crippen LogP contribution in [0.2, 0.25) is 5.02 Å². The number of hydrogen-bond acceptors (Lipinski definition) is 3. The number of hydrogen-bond donors (Lipinski definition) is 2. The topological polar surface area (TPSA) is 50.4 Å². The number of benzene rings is 1. The summed E-state index contributed by atoms with van der Waals surface area (Å²) < 4.78 is 5.23. The smallest absolute Gasteiger partial charge is 0.407 e. The molecule has 1 unspecified atom stereocenters. The van der Waals surface area contributed by atoms with Crippen LogP contribution in [0.3, 0.4) is 0 Å². The van der Waals surface area contributed by atoms with Crippen LogP contribution in [0.1, 0.15) is 45.2 Å². The highest BCUT2D eigenvalue weighted by Crippen LogP contribution is 2.14. The summed E-state index contributed by atoms with van der Waals surface area (Å²) in [6.07, 6.45) is 0.472. The molecule has 0 spiro atoms. The second-order valence-electron chi connectivity index (χ2n) is 6.58. The van der Waals surface area contributed by atoms with E-state index >= 15 is 0 Å². The van der Waals surface area contributed by atoms with E-state index in [0.717, 1.165) is 24.5 Å². The molecule has 2 N–H and O–H groups in total. The van der Waals surface area contributed by atoms with Crippen LogP contribution in [0.15, 0.2) is 18.2 Å². The fraction of sp³-hybridized carbons (Fsp3) is 0.588. The molecule has 0 aliphatic carbocycles. The Labute approximate surface area is 138 Å². The molecule has 0 aromatic heterocycles. The minimum atomic E-state index is -0.464. The summed E-state index contributed by atoms with van der Waals surface area (Å²) in [5.41, 5.74) is 1.95. The maximum absolute atomic E-state index is 11.6. The highest BCUT2D eigenvalue weighted by Gasteiger charge is 2.17. The summed E-state index contributed by atoms with van der Waals surface area (Å²) in [6.45, 7) is 11.2. The molecule has 0 bridgehead atoms. The van der Waals surface area contributed by atoms with Crippen LogP contribution in [0.25, 0.3) is 0 Å². The molecule has 0 saturated carbocycles. The molecule has 124 valence electrons. The third kappa shape index (κ3) is 7.66. The minimum absolute atomic E-state index is 0.0636. The molecule has 1 aromatic rings. The molecule has 0 aliphatic heterocycles. The number of carbonyl (C=O) groups is 1. The van der Waals surface area contributed by atoms with E-state index in [0.29, 0.717) is 0 Å². The number of carbonyl (C=O) groups excluding carboxylic acids is 1. The van der Waals surface area contributed by atoms with Gasteiger partial charge in [0.2, 0.25) is 0 Å². The monoisotopic (exact) mass is 326 g/mol. The van der Waals surface area contributed by atoms with Gasteiger partial charge in [0.15, 0.2) is 0 Å². The molecule has 0 fully saturated rings. The number of aryl methyl sites for hydroxylation is 1. The molecule has 1 amide bonds. The molecule has 5 heteroatoms. The molecule has 1 atom stereocenters. The Morgan fingerprint density at radius 3 is 2.64 bits per heavy atom. The lowest BCUT2D eigenvalue weighted by Crippen LogP contribution is -2.38. The Balaban J connectivity index is 2.25. The van der Waals surface area contributed by atoms with Crippen molar-refractivity contribution in [3.63, 3.8) is 0 Å². The third-order valence-electron chi connectivity index (χ3n) is 3.14. The molecule has 0 aliphatic rings. The van der Waals surface area contributed by atoms with E-state index in [1.54, 1.807) is 0 Å². The van der Waals surface area contributed by atoms with Crippen LogP contribution in [0.4, 0.5) is 4.79 Å². The van der Waals surface area contributed by atoms with Gasteiger partial charge in [-0.15, -0.1) is 0 Å². The summed E-state index contributed by atoms with van der Waals surface area (Å²) >= 11 is 5.94. The van der Waals surface area contributed by atoms with Crippen molar-refractivity contribution in [1.82, 2.24) is 10.6 Å².